The van der Waals surface area contributed by atoms with E-state index in [1.807, 2.05) is 0 Å². The molecule has 21 heavy (non-hydrogen) atoms. The van der Waals surface area contributed by atoms with Gasteiger partial charge in [-0.05, 0) is 26.2 Å². The van der Waals surface area contributed by atoms with Gasteiger partial charge in [-0.1, -0.05) is 17.7 Å². The lowest BCUT2D eigenvalue weighted by molar-refractivity contribution is 0.0697. The number of hydrogen-bond donors (Lipinski definition) is 1. The van der Waals surface area contributed by atoms with Crippen molar-refractivity contribution in [2.45, 2.75) is 0 Å². The Morgan fingerprint density at radius 2 is 1.95 bits per heavy atom. The maximum Gasteiger partial charge on any atom is 0.337 e. The quantitative estimate of drug-likeness (QED) is 0.897. The van der Waals surface area contributed by atoms with E-state index in [9.17, 15) is 9.90 Å². The second-order valence-corrected chi connectivity index (χ2v) is 5.98. The zero-order chi connectivity index (χ0) is 15.4. The summed E-state index contributed by atoms with van der Waals surface area (Å²) in [6, 6.07) is 5.05. The zero-order valence-electron chi connectivity index (χ0n) is 12.5. The molecule has 1 aromatic carbocycles. The first-order chi connectivity index (χ1) is 9.99. The molecule has 2 rings (SSSR count). The third kappa shape index (κ3) is 4.09. The van der Waals surface area contributed by atoms with Crippen molar-refractivity contribution in [3.05, 3.63) is 28.8 Å². The van der Waals surface area contributed by atoms with Crippen molar-refractivity contribution in [1.82, 2.24) is 9.80 Å². The minimum Gasteiger partial charge on any atom is -0.478 e. The number of carboxylic acid groups (broad SMARTS) is 1. The Kier molecular flexibility index (Phi) is 5.45. The van der Waals surface area contributed by atoms with Gasteiger partial charge >= 0.3 is 5.97 Å². The minimum absolute atomic E-state index is 0.282. The van der Waals surface area contributed by atoms with Crippen LogP contribution in [0.4, 0.5) is 5.69 Å². The third-order valence-corrected chi connectivity index (χ3v) is 4.07. The van der Waals surface area contributed by atoms with Crippen LogP contribution in [0.15, 0.2) is 18.2 Å². The predicted molar refractivity (Wildman–Crippen MR) is 85.6 cm³/mol. The summed E-state index contributed by atoms with van der Waals surface area (Å²) < 4.78 is 0. The Bertz CT molecular complexity index is 500. The van der Waals surface area contributed by atoms with Crippen LogP contribution in [-0.4, -0.2) is 74.2 Å². The molecule has 116 valence electrons. The number of piperazine rings is 1. The van der Waals surface area contributed by atoms with E-state index in [-0.39, 0.29) is 5.56 Å². The van der Waals surface area contributed by atoms with Crippen LogP contribution >= 0.6 is 11.6 Å². The van der Waals surface area contributed by atoms with Crippen molar-refractivity contribution in [1.29, 1.82) is 0 Å². The van der Waals surface area contributed by atoms with Crippen molar-refractivity contribution in [3.63, 3.8) is 0 Å². The summed E-state index contributed by atoms with van der Waals surface area (Å²) in [5.74, 6) is -0.928. The van der Waals surface area contributed by atoms with E-state index in [0.717, 1.165) is 39.3 Å². The van der Waals surface area contributed by atoms with Crippen LogP contribution in [0.2, 0.25) is 5.02 Å². The summed E-state index contributed by atoms with van der Waals surface area (Å²) in [6.07, 6.45) is 0. The van der Waals surface area contributed by atoms with Crippen molar-refractivity contribution in [3.8, 4) is 0 Å². The van der Waals surface area contributed by atoms with Crippen LogP contribution in [0.25, 0.3) is 0 Å². The molecule has 0 spiro atoms. The maximum atomic E-state index is 11.4. The van der Waals surface area contributed by atoms with E-state index >= 15 is 0 Å². The molecule has 0 saturated carbocycles. The molecule has 0 atom stereocenters. The highest BCUT2D eigenvalue weighted by atomic mass is 35.5. The third-order valence-electron chi connectivity index (χ3n) is 3.77. The number of benzene rings is 1. The topological polar surface area (TPSA) is 47.0 Å². The minimum atomic E-state index is -0.928. The summed E-state index contributed by atoms with van der Waals surface area (Å²) in [5.41, 5.74) is 0.933. The standard InChI is InChI=1S/C15H22ClN3O2/c1-17(2)6-7-18-8-10-19(11-9-18)14-12(15(20)21)4-3-5-13(14)16/h3-5H,6-11H2,1-2H3,(H,20,21). The summed E-state index contributed by atoms with van der Waals surface area (Å²) in [5, 5.41) is 9.83. The fourth-order valence-electron chi connectivity index (χ4n) is 2.55. The first kappa shape index (κ1) is 16.1. The highest BCUT2D eigenvalue weighted by Gasteiger charge is 2.23. The average molecular weight is 312 g/mol. The number of halogens is 1. The fraction of sp³-hybridized carbons (Fsp3) is 0.533. The Balaban J connectivity index is 2.04. The van der Waals surface area contributed by atoms with Crippen molar-refractivity contribution < 1.29 is 9.90 Å². The Morgan fingerprint density at radius 3 is 2.52 bits per heavy atom. The first-order valence-electron chi connectivity index (χ1n) is 7.13. The van der Waals surface area contributed by atoms with Crippen molar-refractivity contribution >= 4 is 23.3 Å². The van der Waals surface area contributed by atoms with E-state index < -0.39 is 5.97 Å². The second kappa shape index (κ2) is 7.11. The van der Waals surface area contributed by atoms with Gasteiger partial charge < -0.3 is 14.9 Å². The molecule has 0 unspecified atom stereocenters. The predicted octanol–water partition coefficient (Wildman–Crippen LogP) is 1.72. The molecule has 0 aromatic heterocycles. The van der Waals surface area contributed by atoms with Gasteiger partial charge in [-0.15, -0.1) is 0 Å². The first-order valence-corrected chi connectivity index (χ1v) is 7.50. The highest BCUT2D eigenvalue weighted by molar-refractivity contribution is 6.34. The molecule has 0 radical (unpaired) electrons. The van der Waals surface area contributed by atoms with Gasteiger partial charge in [0.05, 0.1) is 16.3 Å². The van der Waals surface area contributed by atoms with Gasteiger partial charge in [-0.25, -0.2) is 4.79 Å². The molecule has 1 N–H and O–H groups in total. The van der Waals surface area contributed by atoms with E-state index in [1.54, 1.807) is 18.2 Å². The number of likely N-dealkylation sites (N-methyl/N-ethyl adjacent to an activating group) is 1. The largest absolute Gasteiger partial charge is 0.478 e. The molecule has 1 aromatic rings. The summed E-state index contributed by atoms with van der Waals surface area (Å²) >= 11 is 6.22. The molecular formula is C15H22ClN3O2. The number of anilines is 1. The van der Waals surface area contributed by atoms with E-state index in [4.69, 9.17) is 11.6 Å². The Labute approximate surface area is 130 Å². The summed E-state index contributed by atoms with van der Waals surface area (Å²) in [6.45, 7) is 5.53. The SMILES string of the molecule is CN(C)CCN1CCN(c2c(Cl)cccc2C(=O)O)CC1. The van der Waals surface area contributed by atoms with Crippen molar-refractivity contribution in [2.24, 2.45) is 0 Å². The van der Waals surface area contributed by atoms with Gasteiger partial charge in [-0.2, -0.15) is 0 Å². The van der Waals surface area contributed by atoms with E-state index in [0.29, 0.717) is 10.7 Å². The summed E-state index contributed by atoms with van der Waals surface area (Å²) in [4.78, 5) is 18.0. The van der Waals surface area contributed by atoms with Crippen LogP contribution in [0.5, 0.6) is 0 Å². The smallest absolute Gasteiger partial charge is 0.337 e. The number of carbonyl (C=O) groups is 1. The van der Waals surface area contributed by atoms with Gasteiger partial charge in [0.2, 0.25) is 0 Å². The Hall–Kier alpha value is -1.30. The lowest BCUT2D eigenvalue weighted by Crippen LogP contribution is -2.48. The lowest BCUT2D eigenvalue weighted by Gasteiger charge is -2.37. The van der Waals surface area contributed by atoms with Gasteiger partial charge in [0.1, 0.15) is 0 Å². The average Bonchev–Trinajstić information content (AvgIpc) is 2.45. The monoisotopic (exact) mass is 311 g/mol. The summed E-state index contributed by atoms with van der Waals surface area (Å²) in [7, 11) is 4.14. The molecule has 1 fully saturated rings. The number of hydrogen-bond acceptors (Lipinski definition) is 4. The zero-order valence-corrected chi connectivity index (χ0v) is 13.3. The van der Waals surface area contributed by atoms with Crippen LogP contribution in [0.3, 0.4) is 0 Å². The number of aromatic carboxylic acids is 1. The van der Waals surface area contributed by atoms with Crippen molar-refractivity contribution in [2.75, 3.05) is 58.3 Å². The van der Waals surface area contributed by atoms with Crippen LogP contribution in [0, 0.1) is 0 Å². The molecule has 1 aliphatic rings. The number of carboxylic acids is 1. The fourth-order valence-corrected chi connectivity index (χ4v) is 2.84. The molecule has 0 amide bonds. The number of rotatable bonds is 5. The van der Waals surface area contributed by atoms with Gasteiger partial charge in [-0.3, -0.25) is 4.90 Å². The van der Waals surface area contributed by atoms with Gasteiger partial charge in [0, 0.05) is 39.3 Å². The number of para-hydroxylation sites is 1. The van der Waals surface area contributed by atoms with Gasteiger partial charge in [0.15, 0.2) is 0 Å². The van der Waals surface area contributed by atoms with E-state index in [2.05, 4.69) is 28.8 Å². The van der Waals surface area contributed by atoms with Gasteiger partial charge in [0.25, 0.3) is 0 Å². The van der Waals surface area contributed by atoms with Crippen LogP contribution in [0.1, 0.15) is 10.4 Å². The molecule has 1 aliphatic heterocycles. The van der Waals surface area contributed by atoms with Crippen LogP contribution in [-0.2, 0) is 0 Å². The molecule has 0 bridgehead atoms. The molecule has 1 saturated heterocycles. The Morgan fingerprint density at radius 1 is 1.29 bits per heavy atom. The molecular weight excluding hydrogens is 290 g/mol. The molecule has 1 heterocycles. The molecule has 6 heteroatoms. The van der Waals surface area contributed by atoms with E-state index in [1.165, 1.54) is 0 Å². The molecule has 0 aliphatic carbocycles. The second-order valence-electron chi connectivity index (χ2n) is 5.57. The molecule has 5 nitrogen and oxygen atoms in total. The normalized spacial score (nSPS) is 16.5. The van der Waals surface area contributed by atoms with Crippen LogP contribution < -0.4 is 4.90 Å². The lowest BCUT2D eigenvalue weighted by atomic mass is 10.1. The number of nitrogens with zero attached hydrogens (tertiary/aromatic N) is 3. The highest BCUT2D eigenvalue weighted by Crippen LogP contribution is 2.30. The maximum absolute atomic E-state index is 11.4.